The lowest BCUT2D eigenvalue weighted by Crippen LogP contribution is -2.30. The minimum absolute atomic E-state index is 0.0737. The zero-order chi connectivity index (χ0) is 19.8. The molecule has 0 fully saturated rings. The topological polar surface area (TPSA) is 98.5 Å². The normalized spacial score (nSPS) is 10.3. The van der Waals surface area contributed by atoms with Gasteiger partial charge in [-0.15, -0.1) is 11.8 Å². The van der Waals surface area contributed by atoms with Crippen molar-refractivity contribution in [2.75, 3.05) is 18.9 Å². The molecule has 0 heterocycles. The zero-order valence-corrected chi connectivity index (χ0v) is 15.9. The van der Waals surface area contributed by atoms with Crippen molar-refractivity contribution < 1.29 is 19.2 Å². The number of benzene rings is 2. The molecule has 0 aliphatic heterocycles. The van der Waals surface area contributed by atoms with Gasteiger partial charge in [0, 0.05) is 28.8 Å². The molecule has 7 nitrogen and oxygen atoms in total. The lowest BCUT2D eigenvalue weighted by molar-refractivity contribution is -0.385. The standard InChI is InChI=1S/C19H20N2O5S/c1-13-3-6-16(7-4-13)27-10-9-20-18(22)12-26-19(23)15-5-8-17(21(24)25)14(2)11-15/h3-8,11H,9-10,12H2,1-2H3,(H,20,22). The van der Waals surface area contributed by atoms with Crippen molar-refractivity contribution in [2.24, 2.45) is 0 Å². The first kappa shape index (κ1) is 20.4. The quantitative estimate of drug-likeness (QED) is 0.245. The maximum Gasteiger partial charge on any atom is 0.338 e. The average molecular weight is 388 g/mol. The number of amides is 1. The number of hydrogen-bond acceptors (Lipinski definition) is 6. The molecule has 2 rings (SSSR count). The fraction of sp³-hybridized carbons (Fsp3) is 0.263. The van der Waals surface area contributed by atoms with Gasteiger partial charge in [0.25, 0.3) is 11.6 Å². The van der Waals surface area contributed by atoms with Crippen molar-refractivity contribution in [1.29, 1.82) is 0 Å². The van der Waals surface area contributed by atoms with Crippen LogP contribution in [0.3, 0.4) is 0 Å². The van der Waals surface area contributed by atoms with E-state index in [1.54, 1.807) is 11.8 Å². The molecule has 0 saturated carbocycles. The van der Waals surface area contributed by atoms with Crippen molar-refractivity contribution in [3.8, 4) is 0 Å². The SMILES string of the molecule is Cc1ccc(SCCNC(=O)COC(=O)c2ccc([N+](=O)[O-])c(C)c2)cc1. The molecular formula is C19H20N2O5S. The number of nitrogens with one attached hydrogen (secondary N) is 1. The van der Waals surface area contributed by atoms with Gasteiger partial charge in [-0.2, -0.15) is 0 Å². The third-order valence-corrected chi connectivity index (χ3v) is 4.69. The molecule has 142 valence electrons. The number of ether oxygens (including phenoxy) is 1. The van der Waals surface area contributed by atoms with E-state index in [-0.39, 0.29) is 11.3 Å². The summed E-state index contributed by atoms with van der Waals surface area (Å²) in [7, 11) is 0. The van der Waals surface area contributed by atoms with Gasteiger partial charge >= 0.3 is 5.97 Å². The lowest BCUT2D eigenvalue weighted by Gasteiger charge is -2.07. The highest BCUT2D eigenvalue weighted by atomic mass is 32.2. The molecule has 0 aliphatic carbocycles. The van der Waals surface area contributed by atoms with Crippen LogP contribution < -0.4 is 5.32 Å². The third kappa shape index (κ3) is 6.41. The van der Waals surface area contributed by atoms with Gasteiger partial charge in [0.15, 0.2) is 6.61 Å². The van der Waals surface area contributed by atoms with Crippen LogP contribution >= 0.6 is 11.8 Å². The van der Waals surface area contributed by atoms with Gasteiger partial charge < -0.3 is 10.1 Å². The van der Waals surface area contributed by atoms with Crippen LogP contribution in [0.5, 0.6) is 0 Å². The number of hydrogen-bond donors (Lipinski definition) is 1. The van der Waals surface area contributed by atoms with Crippen LogP contribution in [0.2, 0.25) is 0 Å². The Morgan fingerprint density at radius 3 is 2.48 bits per heavy atom. The van der Waals surface area contributed by atoms with Crippen molar-refractivity contribution in [3.05, 3.63) is 69.3 Å². The average Bonchev–Trinajstić information content (AvgIpc) is 2.64. The first-order chi connectivity index (χ1) is 12.9. The molecule has 0 radical (unpaired) electrons. The Morgan fingerprint density at radius 1 is 1.15 bits per heavy atom. The minimum Gasteiger partial charge on any atom is -0.452 e. The lowest BCUT2D eigenvalue weighted by atomic mass is 10.1. The molecule has 0 atom stereocenters. The number of esters is 1. The summed E-state index contributed by atoms with van der Waals surface area (Å²) in [5.41, 5.74) is 1.64. The second-order valence-corrected chi connectivity index (χ2v) is 7.01. The Bertz CT molecular complexity index is 836. The number of nitro benzene ring substituents is 1. The monoisotopic (exact) mass is 388 g/mol. The molecule has 2 aromatic carbocycles. The maximum absolute atomic E-state index is 11.9. The van der Waals surface area contributed by atoms with E-state index in [1.807, 2.05) is 31.2 Å². The van der Waals surface area contributed by atoms with Gasteiger partial charge in [-0.25, -0.2) is 4.79 Å². The number of nitro groups is 1. The summed E-state index contributed by atoms with van der Waals surface area (Å²) in [5, 5.41) is 13.5. The highest BCUT2D eigenvalue weighted by molar-refractivity contribution is 7.99. The summed E-state index contributed by atoms with van der Waals surface area (Å²) in [6.45, 7) is 3.61. The molecule has 0 bridgehead atoms. The molecular weight excluding hydrogens is 368 g/mol. The molecule has 2 aromatic rings. The zero-order valence-electron chi connectivity index (χ0n) is 15.1. The van der Waals surface area contributed by atoms with Gasteiger partial charge in [-0.3, -0.25) is 14.9 Å². The van der Waals surface area contributed by atoms with Crippen LogP contribution in [0.15, 0.2) is 47.4 Å². The molecule has 0 spiro atoms. The van der Waals surface area contributed by atoms with E-state index in [1.165, 1.54) is 30.7 Å². The number of carbonyl (C=O) groups is 2. The summed E-state index contributed by atoms with van der Waals surface area (Å²) in [4.78, 5) is 35.1. The Balaban J connectivity index is 1.71. The summed E-state index contributed by atoms with van der Waals surface area (Å²) in [6.07, 6.45) is 0. The smallest absolute Gasteiger partial charge is 0.338 e. The predicted octanol–water partition coefficient (Wildman–Crippen LogP) is 3.28. The van der Waals surface area contributed by atoms with E-state index in [0.717, 1.165) is 4.90 Å². The summed E-state index contributed by atoms with van der Waals surface area (Å²) in [5.74, 6) is -0.395. The van der Waals surface area contributed by atoms with Crippen LogP contribution in [0.4, 0.5) is 5.69 Å². The Hall–Kier alpha value is -2.87. The van der Waals surface area contributed by atoms with E-state index in [0.29, 0.717) is 17.9 Å². The van der Waals surface area contributed by atoms with Gasteiger partial charge in [0.1, 0.15) is 0 Å². The molecule has 27 heavy (non-hydrogen) atoms. The summed E-state index contributed by atoms with van der Waals surface area (Å²) < 4.78 is 4.95. The highest BCUT2D eigenvalue weighted by Gasteiger charge is 2.15. The van der Waals surface area contributed by atoms with Crippen molar-refractivity contribution in [1.82, 2.24) is 5.32 Å². The van der Waals surface area contributed by atoms with E-state index in [9.17, 15) is 19.7 Å². The number of rotatable bonds is 8. The van der Waals surface area contributed by atoms with Gasteiger partial charge in [0.05, 0.1) is 10.5 Å². The summed E-state index contributed by atoms with van der Waals surface area (Å²) >= 11 is 1.62. The van der Waals surface area contributed by atoms with Crippen LogP contribution in [0, 0.1) is 24.0 Å². The molecule has 0 aromatic heterocycles. The molecule has 0 unspecified atom stereocenters. The second-order valence-electron chi connectivity index (χ2n) is 5.85. The largest absolute Gasteiger partial charge is 0.452 e. The fourth-order valence-corrected chi connectivity index (χ4v) is 3.01. The van der Waals surface area contributed by atoms with Crippen LogP contribution in [-0.4, -0.2) is 35.7 Å². The molecule has 0 saturated heterocycles. The van der Waals surface area contributed by atoms with Crippen LogP contribution in [0.1, 0.15) is 21.5 Å². The van der Waals surface area contributed by atoms with E-state index in [2.05, 4.69) is 5.32 Å². The number of aryl methyl sites for hydroxylation is 2. The van der Waals surface area contributed by atoms with Crippen molar-refractivity contribution in [3.63, 3.8) is 0 Å². The van der Waals surface area contributed by atoms with Crippen molar-refractivity contribution >= 4 is 29.3 Å². The van der Waals surface area contributed by atoms with Gasteiger partial charge in [-0.1, -0.05) is 17.7 Å². The predicted molar refractivity (Wildman–Crippen MR) is 103 cm³/mol. The molecule has 8 heteroatoms. The molecule has 1 amide bonds. The van der Waals surface area contributed by atoms with Gasteiger partial charge in [0.2, 0.25) is 0 Å². The number of carbonyl (C=O) groups excluding carboxylic acids is 2. The van der Waals surface area contributed by atoms with Gasteiger partial charge in [-0.05, 0) is 38.1 Å². The number of thioether (sulfide) groups is 1. The van der Waals surface area contributed by atoms with E-state index in [4.69, 9.17) is 4.74 Å². The molecule has 0 aliphatic rings. The fourth-order valence-electron chi connectivity index (χ4n) is 2.25. The first-order valence-corrected chi connectivity index (χ1v) is 9.23. The van der Waals surface area contributed by atoms with Crippen molar-refractivity contribution in [2.45, 2.75) is 18.7 Å². The Labute approximate surface area is 161 Å². The number of nitrogens with zero attached hydrogens (tertiary/aromatic N) is 1. The van der Waals surface area contributed by atoms with Crippen LogP contribution in [-0.2, 0) is 9.53 Å². The van der Waals surface area contributed by atoms with Crippen LogP contribution in [0.25, 0.3) is 0 Å². The minimum atomic E-state index is -0.697. The Kier molecular flexibility index (Phi) is 7.36. The molecule has 1 N–H and O–H groups in total. The Morgan fingerprint density at radius 2 is 1.85 bits per heavy atom. The third-order valence-electron chi connectivity index (χ3n) is 3.68. The second kappa shape index (κ2) is 9.72. The maximum atomic E-state index is 11.9. The first-order valence-electron chi connectivity index (χ1n) is 8.25. The highest BCUT2D eigenvalue weighted by Crippen LogP contribution is 2.19. The summed E-state index contributed by atoms with van der Waals surface area (Å²) in [6, 6.07) is 12.0. The van der Waals surface area contributed by atoms with E-state index >= 15 is 0 Å². The van der Waals surface area contributed by atoms with E-state index < -0.39 is 23.4 Å².